The van der Waals surface area contributed by atoms with Gasteiger partial charge in [-0.15, -0.1) is 0 Å². The smallest absolute Gasteiger partial charge is 0.326 e. The molecule has 2 heterocycles. The van der Waals surface area contributed by atoms with Crippen molar-refractivity contribution in [3.63, 3.8) is 0 Å². The minimum Gasteiger partial charge on any atom is -0.480 e. The van der Waals surface area contributed by atoms with E-state index in [-0.39, 0.29) is 44.8 Å². The first-order valence-electron chi connectivity index (χ1n) is 13.5. The van der Waals surface area contributed by atoms with E-state index in [0.717, 1.165) is 56.6 Å². The summed E-state index contributed by atoms with van der Waals surface area (Å²) in [6, 6.07) is 3.23. The van der Waals surface area contributed by atoms with Crippen LogP contribution in [0.5, 0.6) is 0 Å². The summed E-state index contributed by atoms with van der Waals surface area (Å²) in [5, 5.41) is 15.6. The summed E-state index contributed by atoms with van der Waals surface area (Å²) in [5.74, 6) is -2.70. The number of nitrogens with one attached hydrogen (secondary N) is 2. The zero-order valence-electron chi connectivity index (χ0n) is 21.2. The molecule has 2 fully saturated rings. The van der Waals surface area contributed by atoms with Crippen LogP contribution < -0.4 is 10.6 Å². The van der Waals surface area contributed by atoms with Crippen molar-refractivity contribution in [3.8, 4) is 0 Å². The van der Waals surface area contributed by atoms with E-state index in [1.807, 2.05) is 0 Å². The summed E-state index contributed by atoms with van der Waals surface area (Å²) in [7, 11) is 0. The fraction of sp³-hybridized carbons (Fsp3) is 0.741. The molecule has 1 amide bonds. The van der Waals surface area contributed by atoms with Crippen molar-refractivity contribution < 1.29 is 28.2 Å². The number of aryl methyl sites for hydroxylation is 2. The molecule has 3 N–H and O–H groups in total. The number of carbonyl (C=O) groups excluding carboxylic acids is 1. The quantitative estimate of drug-likeness (QED) is 0.400. The molecular formula is C27H39F2N3O4. The van der Waals surface area contributed by atoms with Crippen LogP contribution in [0.3, 0.4) is 0 Å². The van der Waals surface area contributed by atoms with Crippen molar-refractivity contribution in [2.45, 2.75) is 102 Å². The van der Waals surface area contributed by atoms with Crippen molar-refractivity contribution >= 4 is 17.7 Å². The standard InChI is InChI=1S/C27H39F2N3O4/c1-2-26(10-12-27(28,29)13-11-26)25(35)32-22(24(33)34)9-15-36-21-16-18(17-21)5-7-20-8-6-19-4-3-14-30-23(19)31-20/h6,8,18,21-22H,2-5,7,9-17H2,1H3,(H,30,31)(H,32,35)(H,33,34). The monoisotopic (exact) mass is 507 g/mol. The van der Waals surface area contributed by atoms with Gasteiger partial charge in [-0.25, -0.2) is 18.6 Å². The number of alkyl halides is 2. The lowest BCUT2D eigenvalue weighted by molar-refractivity contribution is -0.148. The molecule has 1 aliphatic heterocycles. The number of hydrogen-bond acceptors (Lipinski definition) is 5. The van der Waals surface area contributed by atoms with Gasteiger partial charge in [-0.2, -0.15) is 0 Å². The molecule has 1 aromatic heterocycles. The molecule has 1 unspecified atom stereocenters. The Morgan fingerprint density at radius 2 is 2.00 bits per heavy atom. The maximum Gasteiger partial charge on any atom is 0.326 e. The molecule has 200 valence electrons. The van der Waals surface area contributed by atoms with Crippen LogP contribution in [0.15, 0.2) is 12.1 Å². The van der Waals surface area contributed by atoms with Crippen LogP contribution >= 0.6 is 0 Å². The molecule has 2 aliphatic carbocycles. The normalized spacial score (nSPS) is 25.1. The van der Waals surface area contributed by atoms with E-state index in [1.54, 1.807) is 6.92 Å². The third-order valence-electron chi connectivity index (χ3n) is 8.41. The van der Waals surface area contributed by atoms with E-state index in [4.69, 9.17) is 9.72 Å². The van der Waals surface area contributed by atoms with Crippen molar-refractivity contribution in [2.75, 3.05) is 18.5 Å². The SMILES string of the molecule is CCC1(C(=O)NC(CCOC2CC(CCc3ccc4c(n3)NCCC4)C2)C(=O)O)CCC(F)(F)CC1. The fourth-order valence-corrected chi connectivity index (χ4v) is 5.66. The number of carbonyl (C=O) groups is 2. The molecule has 3 aliphatic rings. The highest BCUT2D eigenvalue weighted by Gasteiger charge is 2.47. The molecular weight excluding hydrogens is 468 g/mol. The average Bonchev–Trinajstić information content (AvgIpc) is 2.84. The van der Waals surface area contributed by atoms with Crippen LogP contribution in [0.25, 0.3) is 0 Å². The minimum atomic E-state index is -2.74. The molecule has 0 radical (unpaired) electrons. The predicted octanol–water partition coefficient (Wildman–Crippen LogP) is 4.73. The maximum absolute atomic E-state index is 13.6. The van der Waals surface area contributed by atoms with E-state index >= 15 is 0 Å². The van der Waals surface area contributed by atoms with Gasteiger partial charge in [-0.1, -0.05) is 13.0 Å². The first-order valence-corrected chi connectivity index (χ1v) is 13.5. The van der Waals surface area contributed by atoms with E-state index in [2.05, 4.69) is 22.8 Å². The van der Waals surface area contributed by atoms with Gasteiger partial charge in [0.15, 0.2) is 0 Å². The van der Waals surface area contributed by atoms with Crippen LogP contribution in [-0.2, 0) is 27.2 Å². The zero-order chi connectivity index (χ0) is 25.8. The number of rotatable bonds is 11. The highest BCUT2D eigenvalue weighted by Crippen LogP contribution is 2.45. The number of nitrogens with zero attached hydrogens (tertiary/aromatic N) is 1. The van der Waals surface area contributed by atoms with Gasteiger partial charge >= 0.3 is 5.97 Å². The second kappa shape index (κ2) is 11.4. The topological polar surface area (TPSA) is 101 Å². The molecule has 2 saturated carbocycles. The Hall–Kier alpha value is -2.29. The predicted molar refractivity (Wildman–Crippen MR) is 132 cm³/mol. The molecule has 1 aromatic rings. The van der Waals surface area contributed by atoms with Crippen LogP contribution in [0, 0.1) is 11.3 Å². The van der Waals surface area contributed by atoms with Gasteiger partial charge in [0.25, 0.3) is 0 Å². The molecule has 0 bridgehead atoms. The molecule has 1 atom stereocenters. The molecule has 0 spiro atoms. The summed E-state index contributed by atoms with van der Waals surface area (Å²) in [6.45, 7) is 3.02. The van der Waals surface area contributed by atoms with Crippen LogP contribution in [0.4, 0.5) is 14.6 Å². The zero-order valence-corrected chi connectivity index (χ0v) is 21.2. The van der Waals surface area contributed by atoms with Gasteiger partial charge in [0, 0.05) is 43.5 Å². The number of aliphatic carboxylic acids is 1. The molecule has 4 rings (SSSR count). The number of carboxylic acid groups (broad SMARTS) is 1. The third-order valence-corrected chi connectivity index (χ3v) is 8.41. The second-order valence-electron chi connectivity index (χ2n) is 10.9. The van der Waals surface area contributed by atoms with Gasteiger partial charge in [0.1, 0.15) is 11.9 Å². The van der Waals surface area contributed by atoms with Gasteiger partial charge in [0.2, 0.25) is 11.8 Å². The number of hydrogen-bond donors (Lipinski definition) is 3. The van der Waals surface area contributed by atoms with Crippen molar-refractivity contribution in [1.29, 1.82) is 0 Å². The molecule has 36 heavy (non-hydrogen) atoms. The minimum absolute atomic E-state index is 0.0755. The van der Waals surface area contributed by atoms with Gasteiger partial charge in [-0.3, -0.25) is 4.79 Å². The Morgan fingerprint density at radius 1 is 1.25 bits per heavy atom. The number of ether oxygens (including phenoxy) is 1. The molecule has 0 aromatic carbocycles. The number of pyridine rings is 1. The Labute approximate surface area is 211 Å². The number of carboxylic acids is 1. The van der Waals surface area contributed by atoms with Crippen molar-refractivity contribution in [3.05, 3.63) is 23.4 Å². The summed E-state index contributed by atoms with van der Waals surface area (Å²) >= 11 is 0. The highest BCUT2D eigenvalue weighted by molar-refractivity contribution is 5.87. The molecule has 9 heteroatoms. The lowest BCUT2D eigenvalue weighted by Crippen LogP contribution is -2.51. The number of halogens is 2. The van der Waals surface area contributed by atoms with Gasteiger partial charge in [0.05, 0.1) is 6.10 Å². The van der Waals surface area contributed by atoms with E-state index < -0.39 is 29.3 Å². The Bertz CT molecular complexity index is 926. The Morgan fingerprint density at radius 3 is 2.69 bits per heavy atom. The average molecular weight is 508 g/mol. The summed E-state index contributed by atoms with van der Waals surface area (Å²) in [4.78, 5) is 29.4. The lowest BCUT2D eigenvalue weighted by Gasteiger charge is -2.39. The first-order chi connectivity index (χ1) is 17.2. The Balaban J connectivity index is 1.15. The summed E-state index contributed by atoms with van der Waals surface area (Å²) in [6.07, 6.45) is 6.28. The maximum atomic E-state index is 13.6. The lowest BCUT2D eigenvalue weighted by atomic mass is 9.70. The number of aromatic nitrogens is 1. The number of anilines is 1. The van der Waals surface area contributed by atoms with E-state index in [9.17, 15) is 23.5 Å². The first kappa shape index (κ1) is 26.8. The second-order valence-corrected chi connectivity index (χ2v) is 10.9. The molecule has 7 nitrogen and oxygen atoms in total. The Kier molecular flexibility index (Phi) is 8.48. The van der Waals surface area contributed by atoms with Crippen molar-refractivity contribution in [2.24, 2.45) is 11.3 Å². The van der Waals surface area contributed by atoms with Gasteiger partial charge in [-0.05, 0) is 75.3 Å². The number of amides is 1. The van der Waals surface area contributed by atoms with Crippen LogP contribution in [0.2, 0.25) is 0 Å². The van der Waals surface area contributed by atoms with Crippen molar-refractivity contribution in [1.82, 2.24) is 10.3 Å². The largest absolute Gasteiger partial charge is 0.480 e. The van der Waals surface area contributed by atoms with Crippen LogP contribution in [-0.4, -0.2) is 53.2 Å². The van der Waals surface area contributed by atoms with E-state index in [1.165, 1.54) is 5.56 Å². The summed E-state index contributed by atoms with van der Waals surface area (Å²) < 4.78 is 33.1. The van der Waals surface area contributed by atoms with Gasteiger partial charge < -0.3 is 20.5 Å². The third kappa shape index (κ3) is 6.52. The highest BCUT2D eigenvalue weighted by atomic mass is 19.3. The van der Waals surface area contributed by atoms with E-state index in [0.29, 0.717) is 12.3 Å². The molecule has 0 saturated heterocycles. The number of fused-ring (bicyclic) bond motifs is 1. The summed E-state index contributed by atoms with van der Waals surface area (Å²) in [5.41, 5.74) is 1.49. The van der Waals surface area contributed by atoms with Crippen LogP contribution in [0.1, 0.15) is 82.4 Å². The fourth-order valence-electron chi connectivity index (χ4n) is 5.66.